The van der Waals surface area contributed by atoms with Crippen molar-refractivity contribution in [2.45, 2.75) is 0 Å². The number of amides is 1. The maximum absolute atomic E-state index is 12.3. The third kappa shape index (κ3) is 5.49. The molecule has 0 bridgehead atoms. The Balaban J connectivity index is 2.23. The highest BCUT2D eigenvalue weighted by Gasteiger charge is 2.13. The number of rotatable bonds is 7. The normalized spacial score (nSPS) is 10.6. The van der Waals surface area contributed by atoms with Crippen molar-refractivity contribution in [3.05, 3.63) is 58.6 Å². The van der Waals surface area contributed by atoms with E-state index in [1.165, 1.54) is 25.3 Å². The number of anilines is 1. The van der Waals surface area contributed by atoms with Gasteiger partial charge in [-0.15, -0.1) is 0 Å². The van der Waals surface area contributed by atoms with Gasteiger partial charge in [-0.2, -0.15) is 5.26 Å². The van der Waals surface area contributed by atoms with Crippen LogP contribution in [0.5, 0.6) is 11.5 Å². The number of para-hydroxylation sites is 1. The minimum atomic E-state index is -1.12. The fourth-order valence-corrected chi connectivity index (χ4v) is 2.28. The number of methoxy groups -OCH3 is 1. The number of carboxylic acids is 1. The van der Waals surface area contributed by atoms with Crippen molar-refractivity contribution in [3.8, 4) is 17.6 Å². The van der Waals surface area contributed by atoms with Gasteiger partial charge >= 0.3 is 5.97 Å². The third-order valence-corrected chi connectivity index (χ3v) is 3.67. The molecule has 2 aromatic carbocycles. The van der Waals surface area contributed by atoms with Crippen LogP contribution in [0.2, 0.25) is 5.02 Å². The molecule has 2 aromatic rings. The summed E-state index contributed by atoms with van der Waals surface area (Å²) in [7, 11) is 1.39. The molecule has 0 heterocycles. The highest BCUT2D eigenvalue weighted by atomic mass is 35.5. The number of ether oxygens (including phenoxy) is 2. The molecule has 0 aliphatic rings. The molecule has 0 aliphatic carbocycles. The molecule has 2 N–H and O–H groups in total. The van der Waals surface area contributed by atoms with Crippen LogP contribution in [0.4, 0.5) is 5.69 Å². The molecular weight excluding hydrogens is 372 g/mol. The molecule has 0 unspecified atom stereocenters. The standard InChI is InChI=1S/C19H15ClN2O5/c1-26-17-9-12(6-7-16(17)27-11-18(23)24)8-13(10-21)19(25)22-15-5-3-2-4-14(15)20/h2-9H,11H2,1H3,(H,22,25)(H,23,24)/b13-8+. The average molecular weight is 387 g/mol. The summed E-state index contributed by atoms with van der Waals surface area (Å²) < 4.78 is 10.3. The first-order chi connectivity index (χ1) is 12.9. The minimum Gasteiger partial charge on any atom is -0.493 e. The Hall–Kier alpha value is -3.50. The van der Waals surface area contributed by atoms with E-state index >= 15 is 0 Å². The molecule has 7 nitrogen and oxygen atoms in total. The highest BCUT2D eigenvalue weighted by Crippen LogP contribution is 2.29. The summed E-state index contributed by atoms with van der Waals surface area (Å²) in [6.07, 6.45) is 1.37. The third-order valence-electron chi connectivity index (χ3n) is 3.34. The summed E-state index contributed by atoms with van der Waals surface area (Å²) in [6.45, 7) is -0.519. The fourth-order valence-electron chi connectivity index (χ4n) is 2.10. The second-order valence-corrected chi connectivity index (χ2v) is 5.60. The van der Waals surface area contributed by atoms with Crippen LogP contribution in [-0.2, 0) is 9.59 Å². The smallest absolute Gasteiger partial charge is 0.341 e. The van der Waals surface area contributed by atoms with E-state index in [9.17, 15) is 14.9 Å². The van der Waals surface area contributed by atoms with E-state index in [-0.39, 0.29) is 17.1 Å². The van der Waals surface area contributed by atoms with Crippen molar-refractivity contribution < 1.29 is 24.2 Å². The lowest BCUT2D eigenvalue weighted by molar-refractivity contribution is -0.139. The van der Waals surface area contributed by atoms with Crippen LogP contribution >= 0.6 is 11.6 Å². The number of hydrogen-bond acceptors (Lipinski definition) is 5. The highest BCUT2D eigenvalue weighted by molar-refractivity contribution is 6.34. The summed E-state index contributed by atoms with van der Waals surface area (Å²) in [5.74, 6) is -1.23. The lowest BCUT2D eigenvalue weighted by atomic mass is 10.1. The van der Waals surface area contributed by atoms with E-state index in [1.54, 1.807) is 30.3 Å². The van der Waals surface area contributed by atoms with E-state index in [0.717, 1.165) is 0 Å². The monoisotopic (exact) mass is 386 g/mol. The molecule has 0 saturated carbocycles. The van der Waals surface area contributed by atoms with E-state index in [1.807, 2.05) is 6.07 Å². The van der Waals surface area contributed by atoms with Crippen LogP contribution < -0.4 is 14.8 Å². The summed E-state index contributed by atoms with van der Waals surface area (Å²) >= 11 is 6.00. The van der Waals surface area contributed by atoms with Crippen LogP contribution in [0, 0.1) is 11.3 Å². The van der Waals surface area contributed by atoms with E-state index < -0.39 is 18.5 Å². The quantitative estimate of drug-likeness (QED) is 0.558. The van der Waals surface area contributed by atoms with Gasteiger partial charge in [0.2, 0.25) is 0 Å². The number of nitrogens with zero attached hydrogens (tertiary/aromatic N) is 1. The van der Waals surface area contributed by atoms with Gasteiger partial charge in [0.25, 0.3) is 5.91 Å². The molecule has 0 radical (unpaired) electrons. The topological polar surface area (TPSA) is 109 Å². The van der Waals surface area contributed by atoms with Crippen LogP contribution in [-0.4, -0.2) is 30.7 Å². The molecule has 0 spiro atoms. The van der Waals surface area contributed by atoms with Gasteiger partial charge in [-0.3, -0.25) is 4.79 Å². The SMILES string of the molecule is COc1cc(/C=C(\C#N)C(=O)Nc2ccccc2Cl)ccc1OCC(=O)O. The van der Waals surface area contributed by atoms with E-state index in [4.69, 9.17) is 26.2 Å². The lowest BCUT2D eigenvalue weighted by Gasteiger charge is -2.10. The number of carbonyl (C=O) groups excluding carboxylic acids is 1. The van der Waals surface area contributed by atoms with Crippen LogP contribution in [0.25, 0.3) is 6.08 Å². The van der Waals surface area contributed by atoms with Crippen molar-refractivity contribution in [2.75, 3.05) is 19.0 Å². The Bertz CT molecular complexity index is 934. The number of carboxylic acid groups (broad SMARTS) is 1. The molecule has 8 heteroatoms. The van der Waals surface area contributed by atoms with Crippen LogP contribution in [0.15, 0.2) is 48.0 Å². The van der Waals surface area contributed by atoms with Crippen molar-refractivity contribution in [3.63, 3.8) is 0 Å². The zero-order valence-corrected chi connectivity index (χ0v) is 15.0. The van der Waals surface area contributed by atoms with Gasteiger partial charge in [0, 0.05) is 0 Å². The van der Waals surface area contributed by atoms with Crippen molar-refractivity contribution in [1.29, 1.82) is 5.26 Å². The van der Waals surface area contributed by atoms with Gasteiger partial charge in [-0.25, -0.2) is 4.79 Å². The lowest BCUT2D eigenvalue weighted by Crippen LogP contribution is -2.13. The first kappa shape index (κ1) is 19.8. The van der Waals surface area contributed by atoms with Gasteiger partial charge in [0.1, 0.15) is 11.6 Å². The molecule has 0 atom stereocenters. The van der Waals surface area contributed by atoms with Crippen LogP contribution in [0.1, 0.15) is 5.56 Å². The number of aliphatic carboxylic acids is 1. The number of halogens is 1. The number of benzene rings is 2. The van der Waals surface area contributed by atoms with Gasteiger partial charge < -0.3 is 19.9 Å². The second kappa shape index (κ2) is 9.27. The maximum atomic E-state index is 12.3. The number of hydrogen-bond donors (Lipinski definition) is 2. The first-order valence-corrected chi connectivity index (χ1v) is 8.02. The van der Waals surface area contributed by atoms with Crippen molar-refractivity contribution in [2.24, 2.45) is 0 Å². The summed E-state index contributed by atoms with van der Waals surface area (Å²) in [6, 6.07) is 13.1. The Kier molecular flexibility index (Phi) is 6.80. The minimum absolute atomic E-state index is 0.142. The predicted molar refractivity (Wildman–Crippen MR) is 99.8 cm³/mol. The van der Waals surface area contributed by atoms with Gasteiger partial charge in [0.05, 0.1) is 17.8 Å². The molecule has 27 heavy (non-hydrogen) atoms. The Labute approximate surface area is 160 Å². The van der Waals surface area contributed by atoms with Crippen molar-refractivity contribution >= 4 is 35.2 Å². The van der Waals surface area contributed by atoms with Gasteiger partial charge in [0.15, 0.2) is 18.1 Å². The molecule has 0 aromatic heterocycles. The molecule has 2 rings (SSSR count). The van der Waals surface area contributed by atoms with E-state index in [0.29, 0.717) is 16.3 Å². The summed E-state index contributed by atoms with van der Waals surface area (Å²) in [5, 5.41) is 20.9. The van der Waals surface area contributed by atoms with Gasteiger partial charge in [-0.1, -0.05) is 29.8 Å². The first-order valence-electron chi connectivity index (χ1n) is 7.65. The molecule has 138 valence electrons. The summed E-state index contributed by atoms with van der Waals surface area (Å²) in [4.78, 5) is 22.9. The van der Waals surface area contributed by atoms with E-state index in [2.05, 4.69) is 5.32 Å². The Morgan fingerprint density at radius 3 is 2.63 bits per heavy atom. The zero-order chi connectivity index (χ0) is 19.8. The largest absolute Gasteiger partial charge is 0.493 e. The fraction of sp³-hybridized carbons (Fsp3) is 0.105. The molecule has 0 saturated heterocycles. The average Bonchev–Trinajstić information content (AvgIpc) is 2.66. The summed E-state index contributed by atoms with van der Waals surface area (Å²) in [5.41, 5.74) is 0.747. The Morgan fingerprint density at radius 2 is 2.00 bits per heavy atom. The number of nitrogens with one attached hydrogen (secondary N) is 1. The second-order valence-electron chi connectivity index (χ2n) is 5.20. The molecule has 0 aliphatic heterocycles. The number of carbonyl (C=O) groups is 2. The van der Waals surface area contributed by atoms with Crippen LogP contribution in [0.3, 0.4) is 0 Å². The zero-order valence-electron chi connectivity index (χ0n) is 14.2. The predicted octanol–water partition coefficient (Wildman–Crippen LogP) is 3.36. The molecular formula is C19H15ClN2O5. The van der Waals surface area contributed by atoms with Crippen molar-refractivity contribution in [1.82, 2.24) is 0 Å². The Morgan fingerprint density at radius 1 is 1.26 bits per heavy atom. The number of nitriles is 1. The maximum Gasteiger partial charge on any atom is 0.341 e. The van der Waals surface area contributed by atoms with Gasteiger partial charge in [-0.05, 0) is 35.9 Å². The molecule has 1 amide bonds. The molecule has 0 fully saturated rings.